The molecule has 3 heterocycles. The first-order valence-corrected chi connectivity index (χ1v) is 9.01. The number of hydrogen-bond acceptors (Lipinski definition) is 8. The second kappa shape index (κ2) is 8.19. The number of hydrogen-bond donors (Lipinski definition) is 3. The highest BCUT2D eigenvalue weighted by molar-refractivity contribution is 6.06. The fourth-order valence-electron chi connectivity index (χ4n) is 3.27. The predicted octanol–water partition coefficient (Wildman–Crippen LogP) is 1.23. The normalized spacial score (nSPS) is 23.9. The van der Waals surface area contributed by atoms with Gasteiger partial charge in [0.2, 0.25) is 0 Å². The van der Waals surface area contributed by atoms with Crippen LogP contribution in [0.3, 0.4) is 0 Å². The van der Waals surface area contributed by atoms with Crippen LogP contribution >= 0.6 is 0 Å². The van der Waals surface area contributed by atoms with Gasteiger partial charge in [-0.25, -0.2) is 15.0 Å². The number of amides is 1. The van der Waals surface area contributed by atoms with E-state index in [1.807, 2.05) is 0 Å². The molecule has 0 bridgehead atoms. The maximum Gasteiger partial charge on any atom is 0.523 e. The fourth-order valence-corrected chi connectivity index (χ4v) is 3.27. The highest BCUT2D eigenvalue weighted by Crippen LogP contribution is 2.37. The van der Waals surface area contributed by atoms with E-state index in [1.54, 1.807) is 30.3 Å². The molecule has 1 saturated heterocycles. The van der Waals surface area contributed by atoms with Crippen LogP contribution in [0.1, 0.15) is 16.6 Å². The first kappa shape index (κ1) is 21.1. The van der Waals surface area contributed by atoms with Crippen molar-refractivity contribution in [3.8, 4) is 0 Å². The van der Waals surface area contributed by atoms with Gasteiger partial charge in [-0.2, -0.15) is 0 Å². The number of halogens is 3. The Hall–Kier alpha value is -3.13. The molecule has 3 N–H and O–H groups in total. The molecule has 4 atom stereocenters. The third kappa shape index (κ3) is 4.20. The van der Waals surface area contributed by atoms with Crippen molar-refractivity contribution in [3.05, 3.63) is 48.5 Å². The van der Waals surface area contributed by atoms with E-state index in [1.165, 1.54) is 0 Å². The van der Waals surface area contributed by atoms with Crippen LogP contribution in [0.2, 0.25) is 0 Å². The van der Waals surface area contributed by atoms with Gasteiger partial charge in [0.15, 0.2) is 23.2 Å². The molecule has 1 aliphatic rings. The van der Waals surface area contributed by atoms with Crippen molar-refractivity contribution in [1.29, 1.82) is 0 Å². The molecule has 1 aromatic carbocycles. The van der Waals surface area contributed by atoms with Crippen LogP contribution in [0.25, 0.3) is 11.2 Å². The minimum Gasteiger partial charge on any atom is -0.394 e. The molecular formula is C18H16F3N5O5. The van der Waals surface area contributed by atoms with Gasteiger partial charge in [0.25, 0.3) is 5.91 Å². The van der Waals surface area contributed by atoms with Crippen LogP contribution in [0.15, 0.2) is 43.0 Å². The summed E-state index contributed by atoms with van der Waals surface area (Å²) in [7, 11) is 0. The minimum atomic E-state index is -5.06. The minimum absolute atomic E-state index is 0.0307. The van der Waals surface area contributed by atoms with Crippen LogP contribution in [-0.2, 0) is 9.47 Å². The van der Waals surface area contributed by atoms with E-state index in [9.17, 15) is 28.2 Å². The Labute approximate surface area is 172 Å². The summed E-state index contributed by atoms with van der Waals surface area (Å²) < 4.78 is 49.1. The lowest BCUT2D eigenvalue weighted by molar-refractivity contribution is -0.355. The topological polar surface area (TPSA) is 132 Å². The molecule has 13 heteroatoms. The molecule has 2 unspecified atom stereocenters. The van der Waals surface area contributed by atoms with Crippen molar-refractivity contribution in [3.63, 3.8) is 0 Å². The highest BCUT2D eigenvalue weighted by Gasteiger charge is 2.50. The van der Waals surface area contributed by atoms with Crippen molar-refractivity contribution < 1.29 is 37.7 Å². The van der Waals surface area contributed by atoms with E-state index >= 15 is 0 Å². The summed E-state index contributed by atoms with van der Waals surface area (Å²) in [6, 6.07) is 8.29. The van der Waals surface area contributed by atoms with Gasteiger partial charge < -0.3 is 20.3 Å². The number of aliphatic hydroxyl groups is 2. The number of fused-ring (bicyclic) bond motifs is 1. The number of carbonyl (C=O) groups is 1. The zero-order valence-corrected chi connectivity index (χ0v) is 15.6. The Balaban J connectivity index is 1.67. The number of nitrogens with zero attached hydrogens (tertiary/aromatic N) is 4. The van der Waals surface area contributed by atoms with Gasteiger partial charge >= 0.3 is 6.36 Å². The second-order valence-electron chi connectivity index (χ2n) is 6.63. The summed E-state index contributed by atoms with van der Waals surface area (Å²) in [5.74, 6) is -0.440. The van der Waals surface area contributed by atoms with E-state index in [2.05, 4.69) is 25.0 Å². The molecule has 0 saturated carbocycles. The Bertz CT molecular complexity index is 1080. The zero-order valence-electron chi connectivity index (χ0n) is 15.6. The fraction of sp³-hybridized carbons (Fsp3) is 0.333. The molecular weight excluding hydrogens is 423 g/mol. The highest BCUT2D eigenvalue weighted by atomic mass is 19.4. The summed E-state index contributed by atoms with van der Waals surface area (Å²) >= 11 is 0. The molecule has 31 heavy (non-hydrogen) atoms. The first-order chi connectivity index (χ1) is 14.8. The average molecular weight is 439 g/mol. The lowest BCUT2D eigenvalue weighted by Gasteiger charge is -2.22. The van der Waals surface area contributed by atoms with Crippen molar-refractivity contribution in [2.45, 2.75) is 30.9 Å². The molecule has 2 aromatic heterocycles. The maximum absolute atomic E-state index is 12.9. The molecule has 3 aromatic rings. The first-order valence-electron chi connectivity index (χ1n) is 9.01. The molecule has 0 radical (unpaired) electrons. The molecule has 1 aliphatic heterocycles. The molecule has 164 valence electrons. The van der Waals surface area contributed by atoms with E-state index in [0.717, 1.165) is 17.2 Å². The largest absolute Gasteiger partial charge is 0.523 e. The van der Waals surface area contributed by atoms with Gasteiger partial charge in [-0.05, 0) is 12.1 Å². The Morgan fingerprint density at radius 1 is 1.23 bits per heavy atom. The summed E-state index contributed by atoms with van der Waals surface area (Å²) in [5.41, 5.74) is 0.480. The quantitative estimate of drug-likeness (QED) is 0.541. The monoisotopic (exact) mass is 439 g/mol. The summed E-state index contributed by atoms with van der Waals surface area (Å²) in [6.07, 6.45) is -9.28. The lowest BCUT2D eigenvalue weighted by atomic mass is 10.1. The summed E-state index contributed by atoms with van der Waals surface area (Å²) in [6.45, 7) is -0.727. The van der Waals surface area contributed by atoms with Gasteiger partial charge in [-0.15, -0.1) is 13.2 Å². The Kier molecular flexibility index (Phi) is 5.58. The zero-order chi connectivity index (χ0) is 22.2. The van der Waals surface area contributed by atoms with Gasteiger partial charge in [0.1, 0.15) is 24.6 Å². The standard InChI is InChI=1S/C18H16F3N5O5/c19-18(20,21)31-13-12(28)10(6-27)30-17(13)26-8-24-11-14(22-7-23-15(11)26)25-16(29)9-4-2-1-3-5-9/h1-5,7-8,10,12-13,17,27-28H,6H2,(H,22,23,25,29)/t10-,12?,13?,17-/m1/s1. The summed E-state index contributed by atoms with van der Waals surface area (Å²) in [5, 5.41) is 22.0. The van der Waals surface area contributed by atoms with Gasteiger partial charge in [-0.1, -0.05) is 18.2 Å². The number of ether oxygens (including phenoxy) is 2. The number of imidazole rings is 1. The molecule has 1 amide bonds. The van der Waals surface area contributed by atoms with Gasteiger partial charge in [0, 0.05) is 5.56 Å². The molecule has 10 nitrogen and oxygen atoms in total. The molecule has 0 aliphatic carbocycles. The molecule has 0 spiro atoms. The van der Waals surface area contributed by atoms with Crippen LogP contribution < -0.4 is 5.32 Å². The molecule has 1 fully saturated rings. The number of aromatic nitrogens is 4. The number of anilines is 1. The van der Waals surface area contributed by atoms with Crippen LogP contribution in [0.4, 0.5) is 19.0 Å². The Morgan fingerprint density at radius 3 is 2.65 bits per heavy atom. The van der Waals surface area contributed by atoms with Crippen molar-refractivity contribution in [2.24, 2.45) is 0 Å². The van der Waals surface area contributed by atoms with Crippen LogP contribution in [0, 0.1) is 0 Å². The molecule has 4 rings (SSSR count). The number of nitrogens with one attached hydrogen (secondary N) is 1. The SMILES string of the molecule is O=C(Nc1ncnc2c1ncn2[C@@H]1O[C@H](CO)C(O)C1OC(F)(F)F)c1ccccc1. The van der Waals surface area contributed by atoms with Gasteiger partial charge in [0.05, 0.1) is 12.9 Å². The van der Waals surface area contributed by atoms with Crippen molar-refractivity contribution >= 4 is 22.9 Å². The van der Waals surface area contributed by atoms with E-state index in [4.69, 9.17) is 4.74 Å². The number of rotatable bonds is 5. The van der Waals surface area contributed by atoms with E-state index < -0.39 is 43.4 Å². The van der Waals surface area contributed by atoms with E-state index in [-0.39, 0.29) is 17.0 Å². The number of carbonyl (C=O) groups excluding carboxylic acids is 1. The smallest absolute Gasteiger partial charge is 0.394 e. The van der Waals surface area contributed by atoms with Crippen LogP contribution in [0.5, 0.6) is 0 Å². The van der Waals surface area contributed by atoms with Crippen molar-refractivity contribution in [2.75, 3.05) is 11.9 Å². The maximum atomic E-state index is 12.9. The Morgan fingerprint density at radius 2 is 1.97 bits per heavy atom. The van der Waals surface area contributed by atoms with Crippen molar-refractivity contribution in [1.82, 2.24) is 19.5 Å². The average Bonchev–Trinajstić information content (AvgIpc) is 3.30. The second-order valence-corrected chi connectivity index (χ2v) is 6.63. The third-order valence-electron chi connectivity index (χ3n) is 4.66. The van der Waals surface area contributed by atoms with Gasteiger partial charge in [-0.3, -0.25) is 14.1 Å². The predicted molar refractivity (Wildman–Crippen MR) is 97.6 cm³/mol. The summed E-state index contributed by atoms with van der Waals surface area (Å²) in [4.78, 5) is 24.5. The van der Waals surface area contributed by atoms with E-state index in [0.29, 0.717) is 5.56 Å². The third-order valence-corrected chi connectivity index (χ3v) is 4.66. The number of benzene rings is 1. The number of aliphatic hydroxyl groups excluding tert-OH is 2. The number of alkyl halides is 3. The lowest BCUT2D eigenvalue weighted by Crippen LogP contribution is -2.39. The van der Waals surface area contributed by atoms with Crippen LogP contribution in [-0.4, -0.2) is 66.9 Å².